The molecule has 0 aliphatic carbocycles. The van der Waals surface area contributed by atoms with E-state index >= 15 is 0 Å². The van der Waals surface area contributed by atoms with Gasteiger partial charge < -0.3 is 20.6 Å². The Hall–Kier alpha value is -3.48. The number of likely N-dealkylation sites (N-methyl/N-ethyl adjacent to an activating group) is 1. The van der Waals surface area contributed by atoms with Gasteiger partial charge in [-0.2, -0.15) is 5.10 Å². The molecule has 0 aliphatic heterocycles. The number of hydrogen-bond acceptors (Lipinski definition) is 4. The van der Waals surface area contributed by atoms with Crippen LogP contribution < -0.4 is 10.6 Å². The van der Waals surface area contributed by atoms with Gasteiger partial charge >= 0.3 is 6.03 Å². The number of pyridine rings is 1. The van der Waals surface area contributed by atoms with Crippen LogP contribution in [0.3, 0.4) is 0 Å². The van der Waals surface area contributed by atoms with Gasteiger partial charge in [0.15, 0.2) is 0 Å². The molecule has 0 radical (unpaired) electrons. The van der Waals surface area contributed by atoms with Crippen LogP contribution in [0.5, 0.6) is 5.75 Å². The number of carbonyl (C=O) groups excluding carboxylic acids is 1. The number of urea groups is 1. The van der Waals surface area contributed by atoms with Crippen molar-refractivity contribution in [2.24, 2.45) is 0 Å². The van der Waals surface area contributed by atoms with Crippen molar-refractivity contribution in [3.63, 3.8) is 0 Å². The Balaban J connectivity index is 1.51. The van der Waals surface area contributed by atoms with Gasteiger partial charge in [0, 0.05) is 45.2 Å². The first-order valence-electron chi connectivity index (χ1n) is 9.13. The summed E-state index contributed by atoms with van der Waals surface area (Å²) in [5, 5.41) is 19.3. The molecule has 7 heteroatoms. The fourth-order valence-electron chi connectivity index (χ4n) is 2.85. The molecule has 2 heterocycles. The number of benzene rings is 1. The van der Waals surface area contributed by atoms with E-state index in [-0.39, 0.29) is 11.8 Å². The number of phenols is 1. The minimum atomic E-state index is -0.249. The van der Waals surface area contributed by atoms with E-state index in [1.54, 1.807) is 18.3 Å². The summed E-state index contributed by atoms with van der Waals surface area (Å²) < 4.78 is 1.82. The minimum Gasteiger partial charge on any atom is -0.508 e. The second-order valence-electron chi connectivity index (χ2n) is 6.72. The molecular weight excluding hydrogens is 354 g/mol. The van der Waals surface area contributed by atoms with Crippen molar-refractivity contribution in [3.05, 3.63) is 77.9 Å². The summed E-state index contributed by atoms with van der Waals surface area (Å²) in [5.41, 5.74) is 4.14. The zero-order valence-corrected chi connectivity index (χ0v) is 16.1. The van der Waals surface area contributed by atoms with E-state index in [1.165, 1.54) is 0 Å². The van der Waals surface area contributed by atoms with Crippen LogP contribution in [-0.4, -0.2) is 46.3 Å². The summed E-state index contributed by atoms with van der Waals surface area (Å²) in [6, 6.07) is 12.7. The summed E-state index contributed by atoms with van der Waals surface area (Å²) in [5.74, 6) is 0.239. The van der Waals surface area contributed by atoms with E-state index in [2.05, 4.69) is 15.7 Å². The third kappa shape index (κ3) is 5.03. The summed E-state index contributed by atoms with van der Waals surface area (Å²) in [6.07, 6.45) is 6.80. The average Bonchev–Trinajstić information content (AvgIpc) is 3.09. The van der Waals surface area contributed by atoms with Crippen molar-refractivity contribution in [2.75, 3.05) is 20.6 Å². The Labute approximate surface area is 164 Å². The molecule has 1 aromatic carbocycles. The van der Waals surface area contributed by atoms with Crippen LogP contribution in [-0.2, 0) is 12.8 Å². The smallest absolute Gasteiger partial charge is 0.318 e. The molecule has 0 bridgehead atoms. The maximum Gasteiger partial charge on any atom is 0.318 e. The maximum atomic E-state index is 12.1. The highest BCUT2D eigenvalue weighted by Gasteiger charge is 2.06. The van der Waals surface area contributed by atoms with E-state index in [0.717, 1.165) is 22.3 Å². The van der Waals surface area contributed by atoms with Gasteiger partial charge in [-0.3, -0.25) is 0 Å². The largest absolute Gasteiger partial charge is 0.508 e. The van der Waals surface area contributed by atoms with Gasteiger partial charge in [-0.05, 0) is 41.8 Å². The molecule has 0 atom stereocenters. The number of nitrogens with one attached hydrogen (secondary N) is 2. The Morgan fingerprint density at radius 1 is 1.21 bits per heavy atom. The molecule has 3 aromatic rings. The Morgan fingerprint density at radius 3 is 2.75 bits per heavy atom. The third-order valence-electron chi connectivity index (χ3n) is 4.45. The van der Waals surface area contributed by atoms with Crippen LogP contribution >= 0.6 is 0 Å². The van der Waals surface area contributed by atoms with Gasteiger partial charge in [0.05, 0.1) is 11.7 Å². The molecule has 2 aromatic heterocycles. The van der Waals surface area contributed by atoms with Crippen LogP contribution in [0.25, 0.3) is 5.52 Å². The van der Waals surface area contributed by atoms with Gasteiger partial charge in [-0.15, -0.1) is 0 Å². The predicted octanol–water partition coefficient (Wildman–Crippen LogP) is 2.53. The number of aromatic hydroxyl groups is 1. The molecule has 2 amide bonds. The fraction of sp³-hybridized carbons (Fsp3) is 0.238. The summed E-state index contributed by atoms with van der Waals surface area (Å²) in [6.45, 7) is 0.519. The first-order chi connectivity index (χ1) is 13.5. The van der Waals surface area contributed by atoms with E-state index in [0.29, 0.717) is 19.4 Å². The monoisotopic (exact) mass is 379 g/mol. The van der Waals surface area contributed by atoms with Crippen molar-refractivity contribution in [1.29, 1.82) is 0 Å². The Kier molecular flexibility index (Phi) is 6.16. The van der Waals surface area contributed by atoms with Crippen molar-refractivity contribution in [1.82, 2.24) is 25.1 Å². The number of carbonyl (C=O) groups is 1. The van der Waals surface area contributed by atoms with Gasteiger partial charge in [-0.25, -0.2) is 9.31 Å². The highest BCUT2D eigenvalue weighted by atomic mass is 16.3. The summed E-state index contributed by atoms with van der Waals surface area (Å²) in [4.78, 5) is 14.1. The maximum absolute atomic E-state index is 12.1. The van der Waals surface area contributed by atoms with Crippen LogP contribution in [0, 0.1) is 0 Å². The Bertz CT molecular complexity index is 960. The number of allylic oxidation sites excluding steroid dienone is 1. The topological polar surface area (TPSA) is 81.9 Å². The second kappa shape index (κ2) is 8.94. The van der Waals surface area contributed by atoms with Crippen LogP contribution in [0.15, 0.2) is 66.8 Å². The van der Waals surface area contributed by atoms with Gasteiger partial charge in [0.2, 0.25) is 0 Å². The number of aromatic nitrogens is 2. The molecule has 0 saturated heterocycles. The molecule has 0 fully saturated rings. The van der Waals surface area contributed by atoms with E-state index in [4.69, 9.17) is 0 Å². The summed E-state index contributed by atoms with van der Waals surface area (Å²) in [7, 11) is 3.86. The highest BCUT2D eigenvalue weighted by molar-refractivity contribution is 5.75. The van der Waals surface area contributed by atoms with Gasteiger partial charge in [0.25, 0.3) is 0 Å². The standard InChI is InChI=1S/C21H25N5O2/c1-25(2)18(13-16-6-8-19(27)9-7-16)15-23-21(28)22-11-10-17-14-24-26-12-4-3-5-20(17)26/h3-9,12,14-15,27H,10-11,13H2,1-2H3,(H2,22,23,28)/b18-15-. The zero-order valence-electron chi connectivity index (χ0n) is 16.1. The molecule has 0 unspecified atom stereocenters. The zero-order chi connectivity index (χ0) is 19.9. The third-order valence-corrected chi connectivity index (χ3v) is 4.45. The minimum absolute atomic E-state index is 0.239. The van der Waals surface area contributed by atoms with Gasteiger partial charge in [0.1, 0.15) is 5.75 Å². The quantitative estimate of drug-likeness (QED) is 0.589. The van der Waals surface area contributed by atoms with Crippen molar-refractivity contribution < 1.29 is 9.90 Å². The number of nitrogens with zero attached hydrogens (tertiary/aromatic N) is 3. The van der Waals surface area contributed by atoms with Crippen molar-refractivity contribution in [2.45, 2.75) is 12.8 Å². The number of fused-ring (bicyclic) bond motifs is 1. The number of phenolic OH excluding ortho intramolecular Hbond substituents is 1. The second-order valence-corrected chi connectivity index (χ2v) is 6.72. The molecule has 28 heavy (non-hydrogen) atoms. The van der Waals surface area contributed by atoms with Crippen LogP contribution in [0.4, 0.5) is 4.79 Å². The lowest BCUT2D eigenvalue weighted by molar-refractivity contribution is 0.244. The molecule has 3 rings (SSSR count). The number of rotatable bonds is 7. The predicted molar refractivity (Wildman–Crippen MR) is 109 cm³/mol. The molecule has 0 saturated carbocycles. The van der Waals surface area contributed by atoms with Gasteiger partial charge in [-0.1, -0.05) is 18.2 Å². The lowest BCUT2D eigenvalue weighted by Crippen LogP contribution is -2.34. The fourth-order valence-corrected chi connectivity index (χ4v) is 2.85. The molecule has 0 aliphatic rings. The van der Waals surface area contributed by atoms with Crippen LogP contribution in [0.2, 0.25) is 0 Å². The summed E-state index contributed by atoms with van der Waals surface area (Å²) >= 11 is 0. The van der Waals surface area contributed by atoms with Crippen molar-refractivity contribution in [3.8, 4) is 5.75 Å². The van der Waals surface area contributed by atoms with E-state index < -0.39 is 0 Å². The lowest BCUT2D eigenvalue weighted by atomic mass is 10.1. The molecule has 146 valence electrons. The first-order valence-corrected chi connectivity index (χ1v) is 9.13. The first kappa shape index (κ1) is 19.3. The SMILES string of the molecule is CN(C)/C(=C\NC(=O)NCCc1cnn2ccccc12)Cc1ccc(O)cc1. The molecule has 3 N–H and O–H groups in total. The highest BCUT2D eigenvalue weighted by Crippen LogP contribution is 2.14. The lowest BCUT2D eigenvalue weighted by Gasteiger charge is -2.18. The van der Waals surface area contributed by atoms with Crippen molar-refractivity contribution >= 4 is 11.5 Å². The number of amides is 2. The molecular formula is C21H25N5O2. The Morgan fingerprint density at radius 2 is 2.00 bits per heavy atom. The molecule has 0 spiro atoms. The van der Waals surface area contributed by atoms with E-state index in [1.807, 2.05) is 66.2 Å². The van der Waals surface area contributed by atoms with Crippen LogP contribution in [0.1, 0.15) is 11.1 Å². The normalized spacial score (nSPS) is 11.4. The average molecular weight is 379 g/mol. The number of hydrogen-bond donors (Lipinski definition) is 3. The molecule has 7 nitrogen and oxygen atoms in total. The van der Waals surface area contributed by atoms with E-state index in [9.17, 15) is 9.90 Å².